The molecule has 0 saturated heterocycles. The topological polar surface area (TPSA) is 34.4 Å². The van der Waals surface area contributed by atoms with Gasteiger partial charge < -0.3 is 4.57 Å². The Kier molecular flexibility index (Phi) is 3.50. The van der Waals surface area contributed by atoms with Gasteiger partial charge in [-0.05, 0) is 37.5 Å². The lowest BCUT2D eigenvalue weighted by molar-refractivity contribution is -0.119. The van der Waals surface area contributed by atoms with E-state index < -0.39 is 0 Å². The molecule has 1 saturated carbocycles. The van der Waals surface area contributed by atoms with Crippen LogP contribution in [0.25, 0.3) is 0 Å². The molecule has 1 aromatic heterocycles. The fourth-order valence-corrected chi connectivity index (χ4v) is 2.13. The van der Waals surface area contributed by atoms with Gasteiger partial charge in [0.05, 0.1) is 0 Å². The zero-order valence-electron chi connectivity index (χ0n) is 11.6. The van der Waals surface area contributed by atoms with Gasteiger partial charge in [-0.3, -0.25) is 4.79 Å². The van der Waals surface area contributed by atoms with Crippen molar-refractivity contribution in [3.05, 3.63) is 65.3 Å². The number of nitrogens with zero attached hydrogens (tertiary/aromatic N) is 2. The molecule has 0 bridgehead atoms. The highest BCUT2D eigenvalue weighted by Gasteiger charge is 2.29. The summed E-state index contributed by atoms with van der Waals surface area (Å²) in [7, 11) is 0. The molecule has 3 heteroatoms. The second-order valence-electron chi connectivity index (χ2n) is 5.40. The fourth-order valence-electron chi connectivity index (χ4n) is 2.13. The van der Waals surface area contributed by atoms with E-state index >= 15 is 0 Å². The maximum Gasteiger partial charge on any atom is 0.250 e. The summed E-state index contributed by atoms with van der Waals surface area (Å²) in [6, 6.07) is 14.2. The molecule has 1 aliphatic carbocycles. The summed E-state index contributed by atoms with van der Waals surface area (Å²) in [5.74, 6) is 0.192. The van der Waals surface area contributed by atoms with E-state index in [0.29, 0.717) is 0 Å². The highest BCUT2D eigenvalue weighted by molar-refractivity contribution is 5.81. The first-order valence-corrected chi connectivity index (χ1v) is 7.02. The van der Waals surface area contributed by atoms with Crippen LogP contribution in [0.1, 0.15) is 24.0 Å². The number of aromatic nitrogens is 1. The SMILES string of the molecule is Cc1ccc(Cn2ccccc2=NC(=O)C2CC2)cc1. The van der Waals surface area contributed by atoms with Crippen LogP contribution < -0.4 is 5.49 Å². The number of carbonyl (C=O) groups excluding carboxylic acids is 1. The quantitative estimate of drug-likeness (QED) is 0.841. The number of amides is 1. The van der Waals surface area contributed by atoms with Crippen LogP contribution in [-0.2, 0) is 11.3 Å². The van der Waals surface area contributed by atoms with Gasteiger partial charge in [0.1, 0.15) is 5.49 Å². The molecule has 0 unspecified atom stereocenters. The molecule has 0 N–H and O–H groups in total. The third-order valence-electron chi connectivity index (χ3n) is 3.54. The standard InChI is InChI=1S/C17H18N2O/c1-13-5-7-14(8-6-13)12-19-11-3-2-4-16(19)18-17(20)15-9-10-15/h2-8,11,15H,9-10,12H2,1H3. The Balaban J connectivity index is 1.89. The molecule has 1 amide bonds. The minimum Gasteiger partial charge on any atom is -0.328 e. The van der Waals surface area contributed by atoms with Gasteiger partial charge in [0, 0.05) is 18.7 Å². The average Bonchev–Trinajstić information content (AvgIpc) is 3.28. The van der Waals surface area contributed by atoms with Crippen LogP contribution in [0.3, 0.4) is 0 Å². The normalized spacial score (nSPS) is 15.3. The lowest BCUT2D eigenvalue weighted by Crippen LogP contribution is -2.22. The average molecular weight is 266 g/mol. The molecule has 0 spiro atoms. The summed E-state index contributed by atoms with van der Waals surface area (Å²) in [4.78, 5) is 16.1. The van der Waals surface area contributed by atoms with Crippen molar-refractivity contribution in [1.29, 1.82) is 0 Å². The number of aryl methyl sites for hydroxylation is 1. The Morgan fingerprint density at radius 3 is 2.65 bits per heavy atom. The molecule has 3 rings (SSSR count). The fraction of sp³-hybridized carbons (Fsp3) is 0.294. The number of hydrogen-bond acceptors (Lipinski definition) is 1. The zero-order valence-corrected chi connectivity index (χ0v) is 11.6. The first kappa shape index (κ1) is 12.9. The predicted octanol–water partition coefficient (Wildman–Crippen LogP) is 2.68. The van der Waals surface area contributed by atoms with Crippen LogP contribution in [-0.4, -0.2) is 10.5 Å². The molecule has 3 nitrogen and oxygen atoms in total. The van der Waals surface area contributed by atoms with Crippen molar-refractivity contribution >= 4 is 5.91 Å². The van der Waals surface area contributed by atoms with Gasteiger partial charge in [-0.25, -0.2) is 0 Å². The first-order chi connectivity index (χ1) is 9.72. The van der Waals surface area contributed by atoms with Crippen molar-refractivity contribution in [3.8, 4) is 0 Å². The molecule has 0 radical (unpaired) electrons. The van der Waals surface area contributed by atoms with Crippen molar-refractivity contribution in [2.75, 3.05) is 0 Å². The van der Waals surface area contributed by atoms with E-state index in [1.54, 1.807) is 0 Å². The monoisotopic (exact) mass is 266 g/mol. The van der Waals surface area contributed by atoms with Crippen molar-refractivity contribution in [3.63, 3.8) is 0 Å². The lowest BCUT2D eigenvalue weighted by atomic mass is 10.1. The summed E-state index contributed by atoms with van der Waals surface area (Å²) in [5.41, 5.74) is 3.20. The minimum atomic E-state index is 0.0221. The second-order valence-corrected chi connectivity index (χ2v) is 5.40. The molecule has 1 fully saturated rings. The number of rotatable bonds is 3. The van der Waals surface area contributed by atoms with Crippen LogP contribution in [0, 0.1) is 12.8 Å². The number of pyridine rings is 1. The van der Waals surface area contributed by atoms with Crippen molar-refractivity contribution < 1.29 is 4.79 Å². The van der Waals surface area contributed by atoms with E-state index in [-0.39, 0.29) is 11.8 Å². The van der Waals surface area contributed by atoms with Crippen molar-refractivity contribution in [2.24, 2.45) is 10.9 Å². The van der Waals surface area contributed by atoms with Gasteiger partial charge >= 0.3 is 0 Å². The molecule has 20 heavy (non-hydrogen) atoms. The molecule has 0 atom stereocenters. The molecular weight excluding hydrogens is 248 g/mol. The Hall–Kier alpha value is -2.16. The van der Waals surface area contributed by atoms with Gasteiger partial charge in [0.2, 0.25) is 0 Å². The maximum absolute atomic E-state index is 11.8. The molecule has 1 heterocycles. The number of benzene rings is 1. The van der Waals surface area contributed by atoms with Gasteiger partial charge in [-0.2, -0.15) is 4.99 Å². The van der Waals surface area contributed by atoms with Crippen LogP contribution in [0.5, 0.6) is 0 Å². The van der Waals surface area contributed by atoms with Crippen LogP contribution in [0.4, 0.5) is 0 Å². The van der Waals surface area contributed by atoms with Gasteiger partial charge in [-0.1, -0.05) is 35.9 Å². The second kappa shape index (κ2) is 5.45. The zero-order chi connectivity index (χ0) is 13.9. The Morgan fingerprint density at radius 2 is 1.95 bits per heavy atom. The van der Waals surface area contributed by atoms with E-state index in [0.717, 1.165) is 24.9 Å². The molecule has 0 aliphatic heterocycles. The van der Waals surface area contributed by atoms with Gasteiger partial charge in [0.25, 0.3) is 5.91 Å². The summed E-state index contributed by atoms with van der Waals surface area (Å²) >= 11 is 0. The summed E-state index contributed by atoms with van der Waals surface area (Å²) in [6.45, 7) is 2.81. The molecule has 1 aromatic carbocycles. The summed E-state index contributed by atoms with van der Waals surface area (Å²) in [6.07, 6.45) is 3.96. The summed E-state index contributed by atoms with van der Waals surface area (Å²) < 4.78 is 2.02. The van der Waals surface area contributed by atoms with Gasteiger partial charge in [-0.15, -0.1) is 0 Å². The Bertz CT molecular complexity index is 679. The van der Waals surface area contributed by atoms with Crippen molar-refractivity contribution in [1.82, 2.24) is 4.57 Å². The Labute approximate surface area is 118 Å². The van der Waals surface area contributed by atoms with Crippen LogP contribution >= 0.6 is 0 Å². The number of carbonyl (C=O) groups is 1. The van der Waals surface area contributed by atoms with E-state index in [2.05, 4.69) is 36.2 Å². The van der Waals surface area contributed by atoms with E-state index in [1.165, 1.54) is 11.1 Å². The highest BCUT2D eigenvalue weighted by atomic mass is 16.1. The maximum atomic E-state index is 11.8. The highest BCUT2D eigenvalue weighted by Crippen LogP contribution is 2.29. The molecular formula is C17H18N2O. The number of hydrogen-bond donors (Lipinski definition) is 0. The smallest absolute Gasteiger partial charge is 0.250 e. The predicted molar refractivity (Wildman–Crippen MR) is 78.0 cm³/mol. The van der Waals surface area contributed by atoms with E-state index in [9.17, 15) is 4.79 Å². The molecule has 102 valence electrons. The third-order valence-corrected chi connectivity index (χ3v) is 3.54. The molecule has 1 aliphatic rings. The van der Waals surface area contributed by atoms with Crippen molar-refractivity contribution in [2.45, 2.75) is 26.3 Å². The Morgan fingerprint density at radius 1 is 1.20 bits per heavy atom. The first-order valence-electron chi connectivity index (χ1n) is 7.02. The minimum absolute atomic E-state index is 0.0221. The third kappa shape index (κ3) is 3.05. The van der Waals surface area contributed by atoms with Crippen LogP contribution in [0.2, 0.25) is 0 Å². The molecule has 2 aromatic rings. The summed E-state index contributed by atoms with van der Waals surface area (Å²) in [5, 5.41) is 0. The van der Waals surface area contributed by atoms with Crippen LogP contribution in [0.15, 0.2) is 53.7 Å². The van der Waals surface area contributed by atoms with Gasteiger partial charge in [0.15, 0.2) is 0 Å². The lowest BCUT2D eigenvalue weighted by Gasteiger charge is -2.07. The van der Waals surface area contributed by atoms with E-state index in [1.807, 2.05) is 29.0 Å². The largest absolute Gasteiger partial charge is 0.328 e. The van der Waals surface area contributed by atoms with E-state index in [4.69, 9.17) is 0 Å².